The summed E-state index contributed by atoms with van der Waals surface area (Å²) in [5, 5.41) is 9.25. The molecule has 1 aromatic rings. The van der Waals surface area contributed by atoms with Gasteiger partial charge in [0.15, 0.2) is 6.29 Å². The second kappa shape index (κ2) is 6.28. The zero-order chi connectivity index (χ0) is 14.7. The van der Waals surface area contributed by atoms with Crippen LogP contribution in [0.4, 0.5) is 0 Å². The first-order valence-electron chi connectivity index (χ1n) is 6.03. The molecule has 0 saturated carbocycles. The first-order chi connectivity index (χ1) is 9.50. The lowest BCUT2D eigenvalue weighted by Gasteiger charge is -2.15. The molecular formula is C12H14NO6P. The Morgan fingerprint density at radius 3 is 2.25 bits per heavy atom. The van der Waals surface area contributed by atoms with Crippen molar-refractivity contribution < 1.29 is 28.7 Å². The van der Waals surface area contributed by atoms with Crippen LogP contribution in [0.15, 0.2) is 24.3 Å². The maximum Gasteiger partial charge on any atom is 0.318 e. The number of rotatable bonds is 6. The van der Waals surface area contributed by atoms with E-state index in [-0.39, 0.29) is 31.2 Å². The molecule has 2 unspecified atom stereocenters. The van der Waals surface area contributed by atoms with Gasteiger partial charge in [-0.05, 0) is 18.6 Å². The number of fused-ring (bicyclic) bond motifs is 1. The summed E-state index contributed by atoms with van der Waals surface area (Å²) in [6.07, 6.45) is -1.03. The highest BCUT2D eigenvalue weighted by Gasteiger charge is 2.34. The molecule has 2 atom stereocenters. The number of benzene rings is 1. The number of amides is 2. The van der Waals surface area contributed by atoms with Gasteiger partial charge in [-0.3, -0.25) is 23.6 Å². The molecule has 1 aliphatic rings. The molecule has 0 saturated heterocycles. The van der Waals surface area contributed by atoms with Crippen LogP contribution in [0.1, 0.15) is 33.6 Å². The van der Waals surface area contributed by atoms with Crippen LogP contribution < -0.4 is 0 Å². The van der Waals surface area contributed by atoms with E-state index < -0.39 is 14.5 Å². The fourth-order valence-corrected chi connectivity index (χ4v) is 2.39. The lowest BCUT2D eigenvalue weighted by Crippen LogP contribution is -2.31. The standard InChI is InChI=1S/C12H14NO6P/c14-10(19-20(17)18)6-3-7-13-11(15)8-4-1-2-5-9(8)12(13)16/h1-2,4-5,10,14,20H,3,6-7H2,(H,17,18). The molecular weight excluding hydrogens is 285 g/mol. The van der Waals surface area contributed by atoms with Crippen molar-refractivity contribution in [2.45, 2.75) is 19.1 Å². The predicted octanol–water partition coefficient (Wildman–Crippen LogP) is 0.780. The molecule has 2 N–H and O–H groups in total. The summed E-state index contributed by atoms with van der Waals surface area (Å²) in [5.41, 5.74) is 0.740. The zero-order valence-corrected chi connectivity index (χ0v) is 11.5. The van der Waals surface area contributed by atoms with Crippen LogP contribution >= 0.6 is 8.25 Å². The molecule has 1 aliphatic heterocycles. The van der Waals surface area contributed by atoms with Gasteiger partial charge in [-0.25, -0.2) is 0 Å². The van der Waals surface area contributed by atoms with Crippen LogP contribution in [0.3, 0.4) is 0 Å². The van der Waals surface area contributed by atoms with Crippen molar-refractivity contribution in [2.75, 3.05) is 6.54 Å². The minimum absolute atomic E-state index is 0.0599. The summed E-state index contributed by atoms with van der Waals surface area (Å²) < 4.78 is 14.7. The molecule has 0 radical (unpaired) electrons. The van der Waals surface area contributed by atoms with Crippen molar-refractivity contribution in [1.82, 2.24) is 4.90 Å². The van der Waals surface area contributed by atoms with Gasteiger partial charge in [0.1, 0.15) is 0 Å². The zero-order valence-electron chi connectivity index (χ0n) is 10.5. The van der Waals surface area contributed by atoms with Crippen molar-refractivity contribution in [3.63, 3.8) is 0 Å². The molecule has 108 valence electrons. The van der Waals surface area contributed by atoms with Crippen molar-refractivity contribution >= 4 is 20.1 Å². The Morgan fingerprint density at radius 1 is 1.20 bits per heavy atom. The summed E-state index contributed by atoms with van der Waals surface area (Å²) in [4.78, 5) is 33.6. The van der Waals surface area contributed by atoms with E-state index in [4.69, 9.17) is 4.89 Å². The van der Waals surface area contributed by atoms with Gasteiger partial charge in [0, 0.05) is 13.0 Å². The van der Waals surface area contributed by atoms with Gasteiger partial charge in [-0.2, -0.15) is 0 Å². The van der Waals surface area contributed by atoms with Crippen molar-refractivity contribution in [1.29, 1.82) is 0 Å². The summed E-state index contributed by atoms with van der Waals surface area (Å²) in [6.45, 7) is 0.124. The number of imide groups is 1. The Bertz CT molecular complexity index is 526. The normalized spacial score (nSPS) is 17.2. The van der Waals surface area contributed by atoms with Crippen molar-refractivity contribution in [3.05, 3.63) is 35.4 Å². The van der Waals surface area contributed by atoms with E-state index in [2.05, 4.69) is 4.52 Å². The quantitative estimate of drug-likeness (QED) is 0.457. The molecule has 0 aliphatic carbocycles. The van der Waals surface area contributed by atoms with Crippen LogP contribution in [0.2, 0.25) is 0 Å². The fourth-order valence-electron chi connectivity index (χ4n) is 2.04. The van der Waals surface area contributed by atoms with E-state index in [9.17, 15) is 19.3 Å². The first kappa shape index (κ1) is 14.9. The third kappa shape index (κ3) is 3.13. The van der Waals surface area contributed by atoms with E-state index >= 15 is 0 Å². The monoisotopic (exact) mass is 299 g/mol. The molecule has 1 aromatic carbocycles. The van der Waals surface area contributed by atoms with E-state index in [0.29, 0.717) is 11.1 Å². The summed E-state index contributed by atoms with van der Waals surface area (Å²) in [7, 11) is -3.19. The van der Waals surface area contributed by atoms with Crippen LogP contribution in [-0.4, -0.2) is 39.5 Å². The lowest BCUT2D eigenvalue weighted by molar-refractivity contribution is -0.0264. The highest BCUT2D eigenvalue weighted by Crippen LogP contribution is 2.23. The van der Waals surface area contributed by atoms with Crippen molar-refractivity contribution in [2.24, 2.45) is 0 Å². The third-order valence-electron chi connectivity index (χ3n) is 2.95. The Kier molecular flexibility index (Phi) is 4.67. The molecule has 0 spiro atoms. The number of carbonyl (C=O) groups is 2. The molecule has 0 bridgehead atoms. The average molecular weight is 299 g/mol. The molecule has 0 fully saturated rings. The SMILES string of the molecule is O=C1c2ccccc2C(=O)N1CCCC(O)O[PH](=O)O. The van der Waals surface area contributed by atoms with E-state index in [1.165, 1.54) is 0 Å². The van der Waals surface area contributed by atoms with Crippen LogP contribution in [-0.2, 0) is 9.09 Å². The van der Waals surface area contributed by atoms with E-state index in [1.807, 2.05) is 0 Å². The molecule has 1 heterocycles. The Hall–Kier alpha value is -1.53. The summed E-state index contributed by atoms with van der Waals surface area (Å²) in [5.74, 6) is -0.728. The van der Waals surface area contributed by atoms with Crippen LogP contribution in [0.5, 0.6) is 0 Å². The number of carbonyl (C=O) groups excluding carboxylic acids is 2. The average Bonchev–Trinajstić information content (AvgIpc) is 2.63. The largest absolute Gasteiger partial charge is 0.368 e. The van der Waals surface area contributed by atoms with Gasteiger partial charge in [0.05, 0.1) is 11.1 Å². The minimum atomic E-state index is -3.19. The highest BCUT2D eigenvalue weighted by molar-refractivity contribution is 7.32. The number of hydrogen-bond donors (Lipinski definition) is 2. The fraction of sp³-hybridized carbons (Fsp3) is 0.333. The summed E-state index contributed by atoms with van der Waals surface area (Å²) >= 11 is 0. The van der Waals surface area contributed by atoms with Gasteiger partial charge in [0.25, 0.3) is 11.8 Å². The van der Waals surface area contributed by atoms with Gasteiger partial charge in [-0.1, -0.05) is 12.1 Å². The minimum Gasteiger partial charge on any atom is -0.368 e. The maximum atomic E-state index is 12.0. The second-order valence-corrected chi connectivity index (χ2v) is 5.06. The smallest absolute Gasteiger partial charge is 0.318 e. The highest BCUT2D eigenvalue weighted by atomic mass is 31.1. The molecule has 20 heavy (non-hydrogen) atoms. The molecule has 0 aromatic heterocycles. The molecule has 8 heteroatoms. The predicted molar refractivity (Wildman–Crippen MR) is 69.4 cm³/mol. The Morgan fingerprint density at radius 2 is 1.75 bits per heavy atom. The van der Waals surface area contributed by atoms with Crippen LogP contribution in [0.25, 0.3) is 0 Å². The van der Waals surface area contributed by atoms with Gasteiger partial charge >= 0.3 is 8.25 Å². The van der Waals surface area contributed by atoms with Crippen LogP contribution in [0, 0.1) is 0 Å². The Labute approximate surface area is 115 Å². The van der Waals surface area contributed by atoms with Gasteiger partial charge < -0.3 is 10.00 Å². The topological polar surface area (TPSA) is 104 Å². The van der Waals surface area contributed by atoms with Gasteiger partial charge in [-0.15, -0.1) is 0 Å². The molecule has 2 amide bonds. The van der Waals surface area contributed by atoms with E-state index in [1.54, 1.807) is 24.3 Å². The molecule has 7 nitrogen and oxygen atoms in total. The number of aliphatic hydroxyl groups excluding tert-OH is 1. The summed E-state index contributed by atoms with van der Waals surface area (Å²) in [6, 6.07) is 6.55. The number of hydrogen-bond acceptors (Lipinski definition) is 5. The maximum absolute atomic E-state index is 12.0. The third-order valence-corrected chi connectivity index (χ3v) is 3.42. The number of nitrogens with zero attached hydrogens (tertiary/aromatic N) is 1. The Balaban J connectivity index is 1.91. The van der Waals surface area contributed by atoms with Gasteiger partial charge in [0.2, 0.25) is 0 Å². The second-order valence-electron chi connectivity index (χ2n) is 4.29. The van der Waals surface area contributed by atoms with Crippen molar-refractivity contribution in [3.8, 4) is 0 Å². The number of aliphatic hydroxyl groups is 1. The van der Waals surface area contributed by atoms with E-state index in [0.717, 1.165) is 4.90 Å². The first-order valence-corrected chi connectivity index (χ1v) is 7.30. The lowest BCUT2D eigenvalue weighted by atomic mass is 10.1. The molecule has 2 rings (SSSR count).